The summed E-state index contributed by atoms with van der Waals surface area (Å²) in [4.78, 5) is 12.6. The van der Waals surface area contributed by atoms with E-state index in [2.05, 4.69) is 25.4 Å². The molecule has 0 atom stereocenters. The average Bonchev–Trinajstić information content (AvgIpc) is 3.33. The Bertz CT molecular complexity index is 1060. The summed E-state index contributed by atoms with van der Waals surface area (Å²) in [5.41, 5.74) is 2.19. The van der Waals surface area contributed by atoms with E-state index >= 15 is 0 Å². The Morgan fingerprint density at radius 3 is 2.85 bits per heavy atom. The molecule has 0 aliphatic rings. The topological polar surface area (TPSA) is 77.6 Å². The Hall–Kier alpha value is -3.19. The van der Waals surface area contributed by atoms with Gasteiger partial charge in [0.2, 0.25) is 0 Å². The lowest BCUT2D eigenvalue weighted by atomic mass is 10.1. The van der Waals surface area contributed by atoms with Crippen molar-refractivity contribution in [2.24, 2.45) is 0 Å². The number of benzene rings is 2. The van der Waals surface area contributed by atoms with E-state index in [1.165, 1.54) is 11.0 Å². The van der Waals surface area contributed by atoms with E-state index < -0.39 is 0 Å². The highest BCUT2D eigenvalue weighted by atomic mass is 35.5. The van der Waals surface area contributed by atoms with Gasteiger partial charge in [0.05, 0.1) is 11.3 Å². The zero-order chi connectivity index (χ0) is 17.9. The number of tetrazole rings is 1. The Morgan fingerprint density at radius 2 is 2.00 bits per heavy atom. The summed E-state index contributed by atoms with van der Waals surface area (Å²) in [6, 6.07) is 15.0. The Morgan fingerprint density at radius 1 is 1.12 bits per heavy atom. The Balaban J connectivity index is 1.47. The lowest BCUT2D eigenvalue weighted by Crippen LogP contribution is -2.28. The number of carbonyl (C=O) groups is 1. The highest BCUT2D eigenvalue weighted by Gasteiger charge is 2.13. The van der Waals surface area contributed by atoms with Crippen molar-refractivity contribution in [2.45, 2.75) is 6.54 Å². The molecule has 26 heavy (non-hydrogen) atoms. The molecule has 0 radical (unpaired) electrons. The smallest absolute Gasteiger partial charge is 0.253 e. The zero-order valence-electron chi connectivity index (χ0n) is 13.7. The standard InChI is InChI=1S/C18H15ClN6O/c19-15-5-3-7-16-13(15)8-10-24(16)11-9-20-18(26)14-4-1-2-6-17(14)25-12-21-22-23-25/h1-8,10,12H,9,11H2,(H,20,26). The molecule has 130 valence electrons. The summed E-state index contributed by atoms with van der Waals surface area (Å²) in [7, 11) is 0. The molecule has 4 aromatic rings. The lowest BCUT2D eigenvalue weighted by Gasteiger charge is -2.10. The van der Waals surface area contributed by atoms with Crippen LogP contribution in [0.5, 0.6) is 0 Å². The maximum Gasteiger partial charge on any atom is 0.253 e. The van der Waals surface area contributed by atoms with Crippen LogP contribution in [0.2, 0.25) is 5.02 Å². The predicted octanol–water partition coefficient (Wildman–Crippen LogP) is 2.70. The minimum atomic E-state index is -0.175. The Kier molecular flexibility index (Phi) is 4.37. The third kappa shape index (κ3) is 3.04. The number of nitrogens with zero attached hydrogens (tertiary/aromatic N) is 5. The van der Waals surface area contributed by atoms with Gasteiger partial charge >= 0.3 is 0 Å². The van der Waals surface area contributed by atoms with Crippen molar-refractivity contribution in [3.8, 4) is 5.69 Å². The predicted molar refractivity (Wildman–Crippen MR) is 98.4 cm³/mol. The van der Waals surface area contributed by atoms with Crippen LogP contribution in [0, 0.1) is 0 Å². The van der Waals surface area contributed by atoms with E-state index in [0.29, 0.717) is 24.3 Å². The molecule has 0 saturated heterocycles. The van der Waals surface area contributed by atoms with Crippen molar-refractivity contribution < 1.29 is 4.79 Å². The van der Waals surface area contributed by atoms with Crippen molar-refractivity contribution in [3.63, 3.8) is 0 Å². The van der Waals surface area contributed by atoms with Crippen molar-refractivity contribution in [2.75, 3.05) is 6.54 Å². The van der Waals surface area contributed by atoms with Gasteiger partial charge < -0.3 is 9.88 Å². The highest BCUT2D eigenvalue weighted by Crippen LogP contribution is 2.24. The first kappa shape index (κ1) is 16.3. The summed E-state index contributed by atoms with van der Waals surface area (Å²) in [6.45, 7) is 1.13. The van der Waals surface area contributed by atoms with Crippen LogP contribution in [0.3, 0.4) is 0 Å². The first-order valence-corrected chi connectivity index (χ1v) is 8.46. The minimum absolute atomic E-state index is 0.175. The molecule has 2 aromatic carbocycles. The monoisotopic (exact) mass is 366 g/mol. The van der Waals surface area contributed by atoms with Crippen molar-refractivity contribution >= 4 is 28.4 Å². The quantitative estimate of drug-likeness (QED) is 0.589. The van der Waals surface area contributed by atoms with Gasteiger partial charge in [-0.3, -0.25) is 4.79 Å². The molecular formula is C18H15ClN6O. The van der Waals surface area contributed by atoms with E-state index in [1.54, 1.807) is 12.1 Å². The molecule has 0 bridgehead atoms. The van der Waals surface area contributed by atoms with Gasteiger partial charge in [0, 0.05) is 35.2 Å². The van der Waals surface area contributed by atoms with Crippen LogP contribution in [0.1, 0.15) is 10.4 Å². The molecule has 0 unspecified atom stereocenters. The maximum atomic E-state index is 12.6. The minimum Gasteiger partial charge on any atom is -0.350 e. The van der Waals surface area contributed by atoms with Crippen molar-refractivity contribution in [1.82, 2.24) is 30.1 Å². The van der Waals surface area contributed by atoms with Crippen LogP contribution in [-0.2, 0) is 6.54 Å². The van der Waals surface area contributed by atoms with Crippen molar-refractivity contribution in [1.29, 1.82) is 0 Å². The molecule has 2 heterocycles. The molecule has 0 aliphatic carbocycles. The summed E-state index contributed by atoms with van der Waals surface area (Å²) >= 11 is 6.20. The van der Waals surface area contributed by atoms with Gasteiger partial charge in [-0.25, -0.2) is 0 Å². The van der Waals surface area contributed by atoms with E-state index in [-0.39, 0.29) is 5.91 Å². The SMILES string of the molecule is O=C(NCCn1ccc2c(Cl)cccc21)c1ccccc1-n1cnnn1. The number of carbonyl (C=O) groups excluding carboxylic acids is 1. The largest absolute Gasteiger partial charge is 0.350 e. The van der Waals surface area contributed by atoms with Gasteiger partial charge in [-0.05, 0) is 40.8 Å². The van der Waals surface area contributed by atoms with E-state index in [9.17, 15) is 4.79 Å². The number of aromatic nitrogens is 5. The Labute approximate surface area is 154 Å². The second-order valence-corrected chi connectivity index (χ2v) is 6.12. The summed E-state index contributed by atoms with van der Waals surface area (Å²) < 4.78 is 3.53. The van der Waals surface area contributed by atoms with Crippen LogP contribution in [0.15, 0.2) is 61.1 Å². The normalized spacial score (nSPS) is 11.0. The molecule has 0 saturated carbocycles. The third-order valence-corrected chi connectivity index (χ3v) is 4.47. The molecule has 0 aliphatic heterocycles. The van der Waals surface area contributed by atoms with Crippen LogP contribution < -0.4 is 5.32 Å². The number of halogens is 1. The molecule has 0 spiro atoms. The molecular weight excluding hydrogens is 352 g/mol. The number of rotatable bonds is 5. The summed E-state index contributed by atoms with van der Waals surface area (Å²) in [5, 5.41) is 15.8. The van der Waals surface area contributed by atoms with Gasteiger partial charge in [0.25, 0.3) is 5.91 Å². The number of para-hydroxylation sites is 1. The fraction of sp³-hybridized carbons (Fsp3) is 0.111. The fourth-order valence-electron chi connectivity index (χ4n) is 2.90. The molecule has 1 amide bonds. The number of hydrogen-bond acceptors (Lipinski definition) is 4. The van der Waals surface area contributed by atoms with E-state index in [1.807, 2.05) is 42.6 Å². The van der Waals surface area contributed by atoms with Crippen molar-refractivity contribution in [3.05, 3.63) is 71.6 Å². The number of fused-ring (bicyclic) bond motifs is 1. The molecule has 0 fully saturated rings. The number of hydrogen-bond donors (Lipinski definition) is 1. The molecule has 7 nitrogen and oxygen atoms in total. The maximum absolute atomic E-state index is 12.6. The van der Waals surface area contributed by atoms with Gasteiger partial charge in [-0.1, -0.05) is 29.8 Å². The van der Waals surface area contributed by atoms with Crippen LogP contribution >= 0.6 is 11.6 Å². The fourth-order valence-corrected chi connectivity index (χ4v) is 3.14. The second-order valence-electron chi connectivity index (χ2n) is 5.71. The van der Waals surface area contributed by atoms with E-state index in [0.717, 1.165) is 15.9 Å². The first-order chi connectivity index (χ1) is 12.7. The first-order valence-electron chi connectivity index (χ1n) is 8.08. The second kappa shape index (κ2) is 6.97. The van der Waals surface area contributed by atoms with Gasteiger partial charge in [0.15, 0.2) is 0 Å². The van der Waals surface area contributed by atoms with Gasteiger partial charge in [-0.15, -0.1) is 5.10 Å². The van der Waals surface area contributed by atoms with Gasteiger partial charge in [0.1, 0.15) is 6.33 Å². The van der Waals surface area contributed by atoms with E-state index in [4.69, 9.17) is 11.6 Å². The van der Waals surface area contributed by atoms with Crippen LogP contribution in [0.25, 0.3) is 16.6 Å². The summed E-state index contributed by atoms with van der Waals surface area (Å²) in [5.74, 6) is -0.175. The van der Waals surface area contributed by atoms with Crippen LogP contribution in [0.4, 0.5) is 0 Å². The van der Waals surface area contributed by atoms with Gasteiger partial charge in [-0.2, -0.15) is 4.68 Å². The number of nitrogens with one attached hydrogen (secondary N) is 1. The molecule has 8 heteroatoms. The molecule has 4 rings (SSSR count). The molecule has 1 N–H and O–H groups in total. The molecule has 2 aromatic heterocycles. The third-order valence-electron chi connectivity index (χ3n) is 4.14. The number of amides is 1. The zero-order valence-corrected chi connectivity index (χ0v) is 14.5. The highest BCUT2D eigenvalue weighted by molar-refractivity contribution is 6.35. The lowest BCUT2D eigenvalue weighted by molar-refractivity contribution is 0.0952. The average molecular weight is 367 g/mol. The van der Waals surface area contributed by atoms with Crippen LogP contribution in [-0.4, -0.2) is 37.2 Å². The summed E-state index contributed by atoms with van der Waals surface area (Å²) in [6.07, 6.45) is 3.43.